The van der Waals surface area contributed by atoms with E-state index in [1.54, 1.807) is 36.5 Å². The Labute approximate surface area is 266 Å². The molecule has 12 nitrogen and oxygen atoms in total. The molecule has 240 valence electrons. The number of nitrogens with zero attached hydrogens (tertiary/aromatic N) is 6. The van der Waals surface area contributed by atoms with Crippen molar-refractivity contribution < 1.29 is 18.8 Å². The molecule has 1 aliphatic heterocycles. The first-order chi connectivity index (χ1) is 20.8. The number of benzene rings is 1. The summed E-state index contributed by atoms with van der Waals surface area (Å²) in [4.78, 5) is 36.5. The van der Waals surface area contributed by atoms with Gasteiger partial charge in [0.05, 0.1) is 22.6 Å². The zero-order valence-electron chi connectivity index (χ0n) is 28.1. The van der Waals surface area contributed by atoms with Crippen LogP contribution in [-0.2, 0) is 21.6 Å². The molecule has 2 aromatic heterocycles. The van der Waals surface area contributed by atoms with E-state index in [2.05, 4.69) is 67.6 Å². The Morgan fingerprint density at radius 3 is 2.47 bits per heavy atom. The molecule has 1 aliphatic rings. The van der Waals surface area contributed by atoms with Crippen molar-refractivity contribution in [2.45, 2.75) is 77.6 Å². The largest absolute Gasteiger partial charge is 0.443 e. The van der Waals surface area contributed by atoms with Crippen molar-refractivity contribution in [3.63, 3.8) is 0 Å². The molecule has 1 aromatic carbocycles. The molecule has 4 rings (SSSR count). The Balaban J connectivity index is 1.80. The lowest BCUT2D eigenvalue weighted by Gasteiger charge is -2.39. The van der Waals surface area contributed by atoms with Crippen LogP contribution in [-0.4, -0.2) is 65.9 Å². The molecular formula is C32H44N8O4Si. The van der Waals surface area contributed by atoms with Gasteiger partial charge in [-0.15, -0.1) is 0 Å². The van der Waals surface area contributed by atoms with Crippen molar-refractivity contribution in [2.24, 2.45) is 7.05 Å². The van der Waals surface area contributed by atoms with Gasteiger partial charge in [0, 0.05) is 50.6 Å². The van der Waals surface area contributed by atoms with Gasteiger partial charge >= 0.3 is 6.09 Å². The average Bonchev–Trinajstić information content (AvgIpc) is 3.46. The minimum atomic E-state index is -2.15. The topological polar surface area (TPSA) is 147 Å². The van der Waals surface area contributed by atoms with Gasteiger partial charge in [0.1, 0.15) is 11.7 Å². The minimum Gasteiger partial charge on any atom is -0.443 e. The summed E-state index contributed by atoms with van der Waals surface area (Å²) in [5.41, 5.74) is 2.21. The molecule has 3 heterocycles. The zero-order valence-corrected chi connectivity index (χ0v) is 29.1. The minimum absolute atomic E-state index is 0.00832. The van der Waals surface area contributed by atoms with E-state index in [-0.39, 0.29) is 22.6 Å². The van der Waals surface area contributed by atoms with Gasteiger partial charge in [0.15, 0.2) is 14.0 Å². The van der Waals surface area contributed by atoms with Crippen LogP contribution in [0.15, 0.2) is 30.6 Å². The number of nitriles is 1. The van der Waals surface area contributed by atoms with Crippen LogP contribution in [0.4, 0.5) is 22.1 Å². The maximum absolute atomic E-state index is 13.5. The van der Waals surface area contributed by atoms with Crippen LogP contribution in [0.2, 0.25) is 18.1 Å². The standard InChI is InChI=1S/C32H44N8O4Si/c1-30(2,3)44-29(42)40-18-32(7,19-43-45(10,11)31(4,5)6)22-15-20(14-21(16-33)26(22)40)23-12-13-35-28(36-23)37-24-17-39(9)38-25(24)27(41)34-8/h12-15,17H,18-19H2,1-11H3,(H,34,41)(H,35,36,37)/t32-/m1/s1. The smallest absolute Gasteiger partial charge is 0.414 e. The van der Waals surface area contributed by atoms with Gasteiger partial charge in [-0.2, -0.15) is 10.4 Å². The summed E-state index contributed by atoms with van der Waals surface area (Å²) in [6.45, 7) is 19.1. The van der Waals surface area contributed by atoms with Gasteiger partial charge in [-0.3, -0.25) is 14.4 Å². The van der Waals surface area contributed by atoms with Gasteiger partial charge in [0.25, 0.3) is 5.91 Å². The van der Waals surface area contributed by atoms with Gasteiger partial charge in [-0.1, -0.05) is 27.7 Å². The van der Waals surface area contributed by atoms with Gasteiger partial charge < -0.3 is 19.8 Å². The molecule has 1 atom stereocenters. The highest BCUT2D eigenvalue weighted by atomic mass is 28.4. The van der Waals surface area contributed by atoms with Crippen LogP contribution < -0.4 is 15.5 Å². The van der Waals surface area contributed by atoms with Crippen LogP contribution in [0, 0.1) is 11.3 Å². The van der Waals surface area contributed by atoms with Crippen molar-refractivity contribution in [3.05, 3.63) is 47.4 Å². The molecule has 2 amide bonds. The number of fused-ring (bicyclic) bond motifs is 1. The second-order valence-electron chi connectivity index (χ2n) is 14.2. The normalized spacial score (nSPS) is 16.6. The molecule has 13 heteroatoms. The number of hydrogen-bond acceptors (Lipinski definition) is 9. The first-order valence-corrected chi connectivity index (χ1v) is 17.8. The Hall–Kier alpha value is -4.28. The van der Waals surface area contributed by atoms with E-state index < -0.39 is 25.4 Å². The number of carbonyl (C=O) groups is 2. The summed E-state index contributed by atoms with van der Waals surface area (Å²) >= 11 is 0. The van der Waals surface area contributed by atoms with Crippen LogP contribution >= 0.6 is 0 Å². The van der Waals surface area contributed by atoms with Crippen LogP contribution in [0.5, 0.6) is 0 Å². The van der Waals surface area contributed by atoms with E-state index in [9.17, 15) is 14.9 Å². The average molecular weight is 633 g/mol. The number of aryl methyl sites for hydroxylation is 1. The number of hydrogen-bond donors (Lipinski definition) is 2. The molecule has 0 aliphatic carbocycles. The Morgan fingerprint density at radius 1 is 1.18 bits per heavy atom. The van der Waals surface area contributed by atoms with E-state index in [0.717, 1.165) is 5.56 Å². The maximum atomic E-state index is 13.5. The van der Waals surface area contributed by atoms with Crippen molar-refractivity contribution >= 4 is 37.6 Å². The maximum Gasteiger partial charge on any atom is 0.414 e. The van der Waals surface area contributed by atoms with Crippen molar-refractivity contribution in [3.8, 4) is 17.3 Å². The number of ether oxygens (including phenoxy) is 1. The number of amides is 2. The number of carbonyl (C=O) groups excluding carboxylic acids is 2. The van der Waals surface area contributed by atoms with Crippen LogP contribution in [0.1, 0.15) is 70.1 Å². The SMILES string of the molecule is CNC(=O)c1nn(C)cc1Nc1nccc(-c2cc(C#N)c3c(c2)[C@@](C)(CO[Si](C)(C)C(C)(C)C)CN3C(=O)OC(C)(C)C)n1. The predicted molar refractivity (Wildman–Crippen MR) is 176 cm³/mol. The van der Waals surface area contributed by atoms with E-state index in [1.165, 1.54) is 11.7 Å². The van der Waals surface area contributed by atoms with E-state index in [0.29, 0.717) is 41.3 Å². The Bertz CT molecular complexity index is 1660. The molecule has 3 aromatic rings. The third-order valence-corrected chi connectivity index (χ3v) is 12.8. The van der Waals surface area contributed by atoms with Crippen molar-refractivity contribution in [1.29, 1.82) is 5.26 Å². The number of aromatic nitrogens is 4. The number of nitrogens with one attached hydrogen (secondary N) is 2. The number of anilines is 3. The molecule has 0 fully saturated rings. The summed E-state index contributed by atoms with van der Waals surface area (Å²) in [6, 6.07) is 7.76. The second kappa shape index (κ2) is 11.9. The van der Waals surface area contributed by atoms with Crippen LogP contribution in [0.25, 0.3) is 11.3 Å². The summed E-state index contributed by atoms with van der Waals surface area (Å²) in [7, 11) is 1.10. The second-order valence-corrected chi connectivity index (χ2v) is 19.1. The lowest BCUT2D eigenvalue weighted by atomic mass is 9.83. The van der Waals surface area contributed by atoms with E-state index in [4.69, 9.17) is 14.1 Å². The summed E-state index contributed by atoms with van der Waals surface area (Å²) in [5, 5.41) is 20.3. The zero-order chi connectivity index (χ0) is 33.5. The monoisotopic (exact) mass is 632 g/mol. The fraction of sp³-hybridized carbons (Fsp3) is 0.500. The fourth-order valence-electron chi connectivity index (χ4n) is 4.85. The molecule has 0 unspecified atom stereocenters. The lowest BCUT2D eigenvalue weighted by Crippen LogP contribution is -2.46. The molecule has 0 spiro atoms. The molecular weight excluding hydrogens is 588 g/mol. The van der Waals surface area contributed by atoms with E-state index >= 15 is 0 Å². The molecule has 2 N–H and O–H groups in total. The van der Waals surface area contributed by atoms with Crippen LogP contribution in [0.3, 0.4) is 0 Å². The van der Waals surface area contributed by atoms with Gasteiger partial charge in [-0.25, -0.2) is 14.8 Å². The van der Waals surface area contributed by atoms with Crippen molar-refractivity contribution in [1.82, 2.24) is 25.1 Å². The summed E-state index contributed by atoms with van der Waals surface area (Å²) in [6.07, 6.45) is 2.76. The molecule has 45 heavy (non-hydrogen) atoms. The van der Waals surface area contributed by atoms with Gasteiger partial charge in [0.2, 0.25) is 5.95 Å². The molecule has 0 radical (unpaired) electrons. The van der Waals surface area contributed by atoms with Gasteiger partial charge in [-0.05, 0) is 62.7 Å². The Morgan fingerprint density at radius 2 is 1.87 bits per heavy atom. The highest BCUT2D eigenvalue weighted by Gasteiger charge is 2.47. The highest BCUT2D eigenvalue weighted by Crippen LogP contribution is 2.47. The summed E-state index contributed by atoms with van der Waals surface area (Å²) in [5.74, 6) is -0.0932. The first-order valence-electron chi connectivity index (χ1n) is 14.9. The fourth-order valence-corrected chi connectivity index (χ4v) is 5.96. The third kappa shape index (κ3) is 7.02. The predicted octanol–water partition coefficient (Wildman–Crippen LogP) is 5.89. The third-order valence-electron chi connectivity index (χ3n) is 8.30. The number of rotatable bonds is 7. The summed E-state index contributed by atoms with van der Waals surface area (Å²) < 4.78 is 14.0. The molecule has 0 saturated carbocycles. The lowest BCUT2D eigenvalue weighted by molar-refractivity contribution is 0.0575. The molecule has 0 saturated heterocycles. The molecule has 0 bridgehead atoms. The quantitative estimate of drug-likeness (QED) is 0.304. The van der Waals surface area contributed by atoms with E-state index in [1.807, 2.05) is 26.8 Å². The Kier molecular flexibility index (Phi) is 8.89. The highest BCUT2D eigenvalue weighted by molar-refractivity contribution is 6.74. The van der Waals surface area contributed by atoms with Crippen molar-refractivity contribution in [2.75, 3.05) is 30.4 Å². The first kappa shape index (κ1) is 33.6.